The number of halogens is 5. The lowest BCUT2D eigenvalue weighted by atomic mass is 9.91. The molecular weight excluding hydrogens is 1450 g/mol. The van der Waals surface area contributed by atoms with Crippen molar-refractivity contribution in [2.45, 2.75) is 116 Å². The summed E-state index contributed by atoms with van der Waals surface area (Å²) in [4.78, 5) is 78.9. The smallest absolute Gasteiger partial charge is 0.388 e. The summed E-state index contributed by atoms with van der Waals surface area (Å²) in [6.07, 6.45) is 6.36. The third-order valence-corrected chi connectivity index (χ3v) is 19.3. The van der Waals surface area contributed by atoms with Crippen LogP contribution in [0.2, 0.25) is 10.0 Å². The molecule has 8 aromatic rings. The SMILES string of the molecule is CCc1cc(C)cc(CC)c1-c1c(OC(=O)C(C)(C)C)n2n(c1=O)CCOCC2.COc1ccccc1C(=O)NS(=O)(=O)c1ccc(C(=O)NC2CC2)cc1.Cc1c(C(=O)c2cnn(C)c2O)ccc(S(C)(=O)=O)c1C1=NOCC1.Cn1nc(-c2cc(OCC(=O)O)c(Cl)cc2F)c(Cl)c1OC(F)F. The number of hydrogen-bond acceptors (Lipinski definition) is 20. The van der Waals surface area contributed by atoms with Gasteiger partial charge in [0.25, 0.3) is 27.4 Å². The number of para-hydroxylation sites is 1. The van der Waals surface area contributed by atoms with Crippen molar-refractivity contribution in [3.8, 4) is 51.5 Å². The van der Waals surface area contributed by atoms with Crippen LogP contribution in [0.5, 0.6) is 29.1 Å². The van der Waals surface area contributed by atoms with Crippen molar-refractivity contribution in [1.29, 1.82) is 0 Å². The predicted octanol–water partition coefficient (Wildman–Crippen LogP) is 10.2. The first-order valence-electron chi connectivity index (χ1n) is 32.2. The normalized spacial score (nSPS) is 13.4. The largest absolute Gasteiger partial charge is 0.496 e. The fourth-order valence-corrected chi connectivity index (χ4v) is 13.2. The number of carbonyl (C=O) groups is 5. The van der Waals surface area contributed by atoms with E-state index in [0.29, 0.717) is 73.2 Å². The molecule has 3 aromatic heterocycles. The minimum Gasteiger partial charge on any atom is -0.496 e. The molecule has 1 aliphatic carbocycles. The second-order valence-electron chi connectivity index (χ2n) is 24.8. The Morgan fingerprint density at radius 3 is 2.00 bits per heavy atom. The van der Waals surface area contributed by atoms with Crippen LogP contribution in [0.3, 0.4) is 0 Å². The number of hydrogen-bond donors (Lipinski definition) is 4. The highest BCUT2D eigenvalue weighted by Crippen LogP contribution is 2.41. The molecule has 0 saturated heterocycles. The maximum atomic E-state index is 14.1. The molecule has 0 spiro atoms. The number of ketones is 1. The molecule has 34 heteroatoms. The van der Waals surface area contributed by atoms with Crippen molar-refractivity contribution in [1.82, 2.24) is 39.0 Å². The molecule has 2 amide bonds. The van der Waals surface area contributed by atoms with Gasteiger partial charge in [-0.15, -0.1) is 0 Å². The van der Waals surface area contributed by atoms with Gasteiger partial charge in [0.2, 0.25) is 17.6 Å². The first kappa shape index (κ1) is 79.7. The van der Waals surface area contributed by atoms with E-state index in [1.165, 1.54) is 80.1 Å². The Morgan fingerprint density at radius 2 is 1.44 bits per heavy atom. The number of aromatic nitrogens is 6. The summed E-state index contributed by atoms with van der Waals surface area (Å²) in [5.41, 5.74) is 5.73. The summed E-state index contributed by atoms with van der Waals surface area (Å²) in [5, 5.41) is 32.5. The van der Waals surface area contributed by atoms with Crippen molar-refractivity contribution < 1.29 is 92.7 Å². The Morgan fingerprint density at radius 1 is 0.798 bits per heavy atom. The Labute approximate surface area is 606 Å². The van der Waals surface area contributed by atoms with E-state index in [4.69, 9.17) is 52.1 Å². The summed E-state index contributed by atoms with van der Waals surface area (Å²) in [7, 11) is -3.40. The number of sulfone groups is 1. The number of nitrogens with one attached hydrogen (secondary N) is 2. The van der Waals surface area contributed by atoms with Crippen LogP contribution in [0.4, 0.5) is 13.2 Å². The van der Waals surface area contributed by atoms with Crippen LogP contribution in [0.1, 0.15) is 118 Å². The summed E-state index contributed by atoms with van der Waals surface area (Å²) in [6, 6.07) is 21.0. The number of carboxylic acids is 1. The molecular formula is C70H76Cl2F3N9O18S2. The number of aromatic hydroxyl groups is 1. The van der Waals surface area contributed by atoms with Gasteiger partial charge in [0, 0.05) is 55.1 Å². The molecule has 2 aliphatic heterocycles. The van der Waals surface area contributed by atoms with Crippen LogP contribution in [0.15, 0.2) is 111 Å². The molecule has 3 aliphatic rings. The van der Waals surface area contributed by atoms with Crippen LogP contribution >= 0.6 is 23.2 Å². The number of benzene rings is 5. The van der Waals surface area contributed by atoms with E-state index in [2.05, 4.69) is 58.3 Å². The van der Waals surface area contributed by atoms with Crippen LogP contribution < -0.4 is 34.5 Å². The van der Waals surface area contributed by atoms with Gasteiger partial charge in [0.15, 0.2) is 22.2 Å². The molecule has 0 unspecified atom stereocenters. The Kier molecular flexibility index (Phi) is 25.8. The van der Waals surface area contributed by atoms with Gasteiger partial charge in [0.05, 0.1) is 71.1 Å². The number of sulfonamides is 1. The third-order valence-electron chi connectivity index (χ3n) is 16.1. The van der Waals surface area contributed by atoms with Gasteiger partial charge >= 0.3 is 18.6 Å². The minimum absolute atomic E-state index is 0.0493. The first-order valence-corrected chi connectivity index (χ1v) is 36.3. The standard InChI is InChI=1S/C23H32N2O4.C18H18N2O5S.C16H17N3O5S.C13H9Cl2F3N2O4/c1-7-16-13-15(3)14-17(8-2)18(16)19-20(26)24-9-11-28-12-10-25(24)21(19)29-22(27)23(4,5)6;1-25-16-5-3-2-4-15(16)18(22)20-26(23,24)14-10-6-12(7-11-14)17(21)19-13-8-9-13;1-9-10(15(20)11-8-17-19(2)16(11)21)4-5-13(25(3,22)23)14(9)12-6-7-24-18-12;1-20-12(24-13(17)18)10(15)11(19-20)5-2-8(23-4-9(21)22)6(14)3-7(5)16/h13-14H,7-12H2,1-6H3;2-7,10-11,13H,8-9H2,1H3,(H,19,21)(H,20,22);4-5,8,21H,6-7H2,1-3H3;2-3,13H,4H2,1H3,(H,21,22). The van der Waals surface area contributed by atoms with E-state index >= 15 is 0 Å². The summed E-state index contributed by atoms with van der Waals surface area (Å²) < 4.78 is 121. The zero-order valence-electron chi connectivity index (χ0n) is 58.4. The molecule has 0 radical (unpaired) electrons. The number of nitrogens with zero attached hydrogens (tertiary/aromatic N) is 7. The van der Waals surface area contributed by atoms with Gasteiger partial charge in [-0.1, -0.05) is 72.0 Å². The number of oxime groups is 1. The highest BCUT2D eigenvalue weighted by molar-refractivity contribution is 7.91. The van der Waals surface area contributed by atoms with Crippen LogP contribution in [-0.4, -0.2) is 144 Å². The van der Waals surface area contributed by atoms with Crippen LogP contribution in [0.25, 0.3) is 22.4 Å². The number of fused-ring (bicyclic) bond motifs is 1. The lowest BCUT2D eigenvalue weighted by molar-refractivity contribution is -0.143. The monoisotopic (exact) mass is 1520 g/mol. The Balaban J connectivity index is 0.000000176. The maximum Gasteiger partial charge on any atom is 0.388 e. The number of alkyl halides is 2. The number of carbonyl (C=O) groups excluding carboxylic acids is 4. The van der Waals surface area contributed by atoms with Crippen molar-refractivity contribution >= 4 is 78.3 Å². The van der Waals surface area contributed by atoms with Crippen LogP contribution in [-0.2, 0) is 79.1 Å². The number of ether oxygens (including phenoxy) is 5. The Bertz CT molecular complexity index is 4900. The van der Waals surface area contributed by atoms with Gasteiger partial charge in [-0.3, -0.25) is 24.0 Å². The molecule has 11 rings (SSSR count). The number of rotatable bonds is 20. The van der Waals surface area contributed by atoms with Gasteiger partial charge in [-0.2, -0.15) is 19.0 Å². The van der Waals surface area contributed by atoms with Crippen molar-refractivity contribution in [3.63, 3.8) is 0 Å². The van der Waals surface area contributed by atoms with Crippen molar-refractivity contribution in [2.75, 3.05) is 39.8 Å². The minimum atomic E-state index is -4.07. The van der Waals surface area contributed by atoms with Gasteiger partial charge in [-0.25, -0.2) is 49.5 Å². The van der Waals surface area contributed by atoms with E-state index in [0.717, 1.165) is 65.4 Å². The summed E-state index contributed by atoms with van der Waals surface area (Å²) in [5.74, 6) is -4.17. The lowest BCUT2D eigenvalue weighted by Gasteiger charge is -2.19. The van der Waals surface area contributed by atoms with Gasteiger partial charge < -0.3 is 44.1 Å². The second kappa shape index (κ2) is 33.6. The average Bonchev–Trinajstić information content (AvgIpc) is 1.58. The fourth-order valence-electron chi connectivity index (χ4n) is 10.8. The van der Waals surface area contributed by atoms with E-state index in [1.807, 2.05) is 25.5 Å². The predicted molar refractivity (Wildman–Crippen MR) is 376 cm³/mol. The molecule has 5 aromatic carbocycles. The fraction of sp³-hybridized carbons (Fsp3) is 0.357. The third kappa shape index (κ3) is 18.8. The second-order valence-corrected chi connectivity index (χ2v) is 29.3. The highest BCUT2D eigenvalue weighted by Gasteiger charge is 2.34. The first-order chi connectivity index (χ1) is 49.0. The molecule has 0 bridgehead atoms. The topological polar surface area (TPSA) is 348 Å². The maximum absolute atomic E-state index is 14.1. The molecule has 27 nitrogen and oxygen atoms in total. The van der Waals surface area contributed by atoms with Gasteiger partial charge in [0.1, 0.15) is 45.8 Å². The number of amides is 2. The molecule has 1 saturated carbocycles. The summed E-state index contributed by atoms with van der Waals surface area (Å²) in [6.45, 7) is 11.7. The number of methoxy groups -OCH3 is 1. The molecule has 104 heavy (non-hydrogen) atoms. The number of aliphatic carboxylic acids is 1. The zero-order chi connectivity index (χ0) is 76.4. The average molecular weight is 1520 g/mol. The van der Waals surface area contributed by atoms with Gasteiger partial charge in [-0.05, 0) is 143 Å². The lowest BCUT2D eigenvalue weighted by Crippen LogP contribution is -2.31. The molecule has 556 valence electrons. The molecule has 4 N–H and O–H groups in total. The van der Waals surface area contributed by atoms with Crippen LogP contribution in [0, 0.1) is 25.1 Å². The zero-order valence-corrected chi connectivity index (χ0v) is 61.5. The van der Waals surface area contributed by atoms with E-state index in [1.54, 1.807) is 34.5 Å². The van der Waals surface area contributed by atoms with E-state index in [9.17, 15) is 63.9 Å². The van der Waals surface area contributed by atoms with E-state index < -0.39 is 67.9 Å². The number of esters is 1. The van der Waals surface area contributed by atoms with E-state index in [-0.39, 0.29) is 88.6 Å². The highest BCUT2D eigenvalue weighted by atomic mass is 35.5. The molecule has 5 heterocycles. The molecule has 0 atom stereocenters. The quantitative estimate of drug-likeness (QED) is 0.0407. The molecule has 1 fully saturated rings. The van der Waals surface area contributed by atoms with Crippen molar-refractivity contribution in [3.05, 3.63) is 167 Å². The number of aryl methyl sites for hydroxylation is 5. The number of carboxylic acid groups (broad SMARTS) is 1. The van der Waals surface area contributed by atoms with Crippen molar-refractivity contribution in [2.24, 2.45) is 24.7 Å². The summed E-state index contributed by atoms with van der Waals surface area (Å²) >= 11 is 11.7. The Hall–Kier alpha value is -10.0.